The first-order valence-corrected chi connectivity index (χ1v) is 12.4. The SMILES string of the molecule is CCCCC(F)(F)C(=O)CC[C@H]1C(OCc2ccccc2)CC(O)[C@@H]1C/C=C\CCCC(=O)O. The normalized spacial score (nSPS) is 22.9. The number of hydrogen-bond acceptors (Lipinski definition) is 4. The molecule has 4 atom stereocenters. The molecule has 0 heterocycles. The molecule has 0 spiro atoms. The molecule has 1 aromatic carbocycles. The lowest BCUT2D eigenvalue weighted by atomic mass is 9.85. The quantitative estimate of drug-likeness (QED) is 0.226. The fourth-order valence-electron chi connectivity index (χ4n) is 4.61. The number of Topliss-reactive ketones (excluding diaryl/α,β-unsaturated/α-hetero) is 1. The van der Waals surface area contributed by atoms with E-state index < -0.39 is 30.2 Å². The van der Waals surface area contributed by atoms with Crippen molar-refractivity contribution < 1.29 is 33.3 Å². The van der Waals surface area contributed by atoms with Crippen molar-refractivity contribution >= 4 is 11.8 Å². The number of hydrogen-bond donors (Lipinski definition) is 2. The van der Waals surface area contributed by atoms with Crippen LogP contribution in [0.15, 0.2) is 42.5 Å². The van der Waals surface area contributed by atoms with E-state index in [0.29, 0.717) is 45.1 Å². The molecular weight excluding hydrogens is 442 g/mol. The molecule has 0 radical (unpaired) electrons. The number of carbonyl (C=O) groups is 2. The smallest absolute Gasteiger partial charge is 0.305 e. The van der Waals surface area contributed by atoms with Gasteiger partial charge in [0.1, 0.15) is 0 Å². The van der Waals surface area contributed by atoms with Crippen LogP contribution in [0, 0.1) is 11.8 Å². The first-order chi connectivity index (χ1) is 16.2. The molecule has 1 aliphatic rings. The number of carboxylic acid groups (broad SMARTS) is 1. The predicted molar refractivity (Wildman–Crippen MR) is 127 cm³/mol. The summed E-state index contributed by atoms with van der Waals surface area (Å²) >= 11 is 0. The third-order valence-electron chi connectivity index (χ3n) is 6.60. The van der Waals surface area contributed by atoms with E-state index in [4.69, 9.17) is 9.84 Å². The molecule has 0 aliphatic heterocycles. The van der Waals surface area contributed by atoms with E-state index in [1.54, 1.807) is 0 Å². The van der Waals surface area contributed by atoms with Gasteiger partial charge in [0, 0.05) is 25.7 Å². The zero-order valence-electron chi connectivity index (χ0n) is 20.0. The molecule has 1 saturated carbocycles. The fourth-order valence-corrected chi connectivity index (χ4v) is 4.61. The Hall–Kier alpha value is -2.12. The lowest BCUT2D eigenvalue weighted by molar-refractivity contribution is -0.144. The van der Waals surface area contributed by atoms with Gasteiger partial charge in [0.05, 0.1) is 18.8 Å². The number of benzene rings is 1. The number of allylic oxidation sites excluding steroid dienone is 2. The van der Waals surface area contributed by atoms with E-state index in [0.717, 1.165) is 5.56 Å². The van der Waals surface area contributed by atoms with Crippen LogP contribution in [0.2, 0.25) is 0 Å². The topological polar surface area (TPSA) is 83.8 Å². The highest BCUT2D eigenvalue weighted by atomic mass is 19.3. The summed E-state index contributed by atoms with van der Waals surface area (Å²) < 4.78 is 34.5. The van der Waals surface area contributed by atoms with Gasteiger partial charge in [-0.1, -0.05) is 55.8 Å². The van der Waals surface area contributed by atoms with Crippen molar-refractivity contribution in [3.05, 3.63) is 48.0 Å². The molecule has 2 unspecified atom stereocenters. The summed E-state index contributed by atoms with van der Waals surface area (Å²) in [5.41, 5.74) is 0.986. The van der Waals surface area contributed by atoms with Gasteiger partial charge in [-0.2, -0.15) is 8.78 Å². The number of aliphatic hydroxyl groups is 1. The lowest BCUT2D eigenvalue weighted by Gasteiger charge is -2.26. The summed E-state index contributed by atoms with van der Waals surface area (Å²) in [4.78, 5) is 22.9. The summed E-state index contributed by atoms with van der Waals surface area (Å²) in [6, 6.07) is 9.61. The van der Waals surface area contributed by atoms with Gasteiger partial charge < -0.3 is 14.9 Å². The summed E-state index contributed by atoms with van der Waals surface area (Å²) in [5.74, 6) is -5.60. The van der Waals surface area contributed by atoms with Crippen LogP contribution < -0.4 is 0 Å². The van der Waals surface area contributed by atoms with E-state index in [1.165, 1.54) is 0 Å². The van der Waals surface area contributed by atoms with Gasteiger partial charge in [-0.3, -0.25) is 9.59 Å². The molecule has 1 fully saturated rings. The van der Waals surface area contributed by atoms with Crippen LogP contribution in [-0.2, 0) is 20.9 Å². The van der Waals surface area contributed by atoms with Crippen LogP contribution in [0.1, 0.15) is 76.7 Å². The van der Waals surface area contributed by atoms with E-state index in [-0.39, 0.29) is 37.2 Å². The van der Waals surface area contributed by atoms with Crippen molar-refractivity contribution in [2.24, 2.45) is 11.8 Å². The Bertz CT molecular complexity index is 780. The summed E-state index contributed by atoms with van der Waals surface area (Å²) in [6.07, 6.45) is 5.52. The molecule has 0 aromatic heterocycles. The number of halogens is 2. The van der Waals surface area contributed by atoms with Gasteiger partial charge >= 0.3 is 11.9 Å². The van der Waals surface area contributed by atoms with E-state index in [9.17, 15) is 23.5 Å². The highest BCUT2D eigenvalue weighted by molar-refractivity contribution is 5.85. The molecule has 2 rings (SSSR count). The van der Waals surface area contributed by atoms with Crippen molar-refractivity contribution in [1.82, 2.24) is 0 Å². The van der Waals surface area contributed by atoms with Crippen LogP contribution in [0.3, 0.4) is 0 Å². The Morgan fingerprint density at radius 1 is 1.12 bits per heavy atom. The Balaban J connectivity index is 2.01. The van der Waals surface area contributed by atoms with E-state index in [1.807, 2.05) is 49.4 Å². The number of alkyl halides is 2. The third kappa shape index (κ3) is 9.26. The Labute approximate surface area is 201 Å². The number of ketones is 1. The highest BCUT2D eigenvalue weighted by Gasteiger charge is 2.44. The van der Waals surface area contributed by atoms with Gasteiger partial charge in [-0.25, -0.2) is 0 Å². The molecular formula is C27H38F2O5. The monoisotopic (exact) mass is 480 g/mol. The molecule has 5 nitrogen and oxygen atoms in total. The van der Waals surface area contributed by atoms with Crippen molar-refractivity contribution in [3.63, 3.8) is 0 Å². The predicted octanol–water partition coefficient (Wildman–Crippen LogP) is 5.94. The van der Waals surface area contributed by atoms with Crippen molar-refractivity contribution in [2.45, 2.75) is 95.9 Å². The number of rotatable bonds is 16. The standard InChI is InChI=1S/C27H38F2O5/c1-2-3-17-27(28,29)25(31)16-15-22-21(13-9-4-5-10-14-26(32)33)23(30)18-24(22)34-19-20-11-7-6-8-12-20/h4,6-9,11-12,21-24,30H,2-3,5,10,13-19H2,1H3,(H,32,33)/b9-4-/t21-,22-,23?,24?/m1/s1. The molecule has 1 aromatic rings. The van der Waals surface area contributed by atoms with Crippen LogP contribution in [-0.4, -0.2) is 40.1 Å². The molecule has 7 heteroatoms. The van der Waals surface area contributed by atoms with E-state index >= 15 is 0 Å². The Morgan fingerprint density at radius 3 is 2.53 bits per heavy atom. The largest absolute Gasteiger partial charge is 0.481 e. The maximum Gasteiger partial charge on any atom is 0.305 e. The molecule has 2 N–H and O–H groups in total. The molecule has 0 bridgehead atoms. The molecule has 0 saturated heterocycles. The number of carbonyl (C=O) groups excluding carboxylic acids is 1. The second-order valence-corrected chi connectivity index (χ2v) is 9.23. The Kier molecular flexibility index (Phi) is 11.8. The maximum atomic E-state index is 14.2. The van der Waals surface area contributed by atoms with Crippen molar-refractivity contribution in [2.75, 3.05) is 0 Å². The minimum atomic E-state index is -3.31. The first-order valence-electron chi connectivity index (χ1n) is 12.4. The van der Waals surface area contributed by atoms with Crippen molar-refractivity contribution in [3.8, 4) is 0 Å². The minimum Gasteiger partial charge on any atom is -0.481 e. The van der Waals surface area contributed by atoms with Gasteiger partial charge in [-0.05, 0) is 49.5 Å². The highest BCUT2D eigenvalue weighted by Crippen LogP contribution is 2.41. The third-order valence-corrected chi connectivity index (χ3v) is 6.60. The van der Waals surface area contributed by atoms with Gasteiger partial charge in [0.2, 0.25) is 5.78 Å². The molecule has 1 aliphatic carbocycles. The van der Waals surface area contributed by atoms with Gasteiger partial charge in [-0.15, -0.1) is 0 Å². The molecule has 34 heavy (non-hydrogen) atoms. The van der Waals surface area contributed by atoms with Gasteiger partial charge in [0.15, 0.2) is 0 Å². The summed E-state index contributed by atoms with van der Waals surface area (Å²) in [7, 11) is 0. The maximum absolute atomic E-state index is 14.2. The van der Waals surface area contributed by atoms with Crippen LogP contribution in [0.25, 0.3) is 0 Å². The number of carboxylic acids is 1. The fraction of sp³-hybridized carbons (Fsp3) is 0.630. The first kappa shape index (κ1) is 28.1. The van der Waals surface area contributed by atoms with Crippen LogP contribution in [0.5, 0.6) is 0 Å². The van der Waals surface area contributed by atoms with Crippen molar-refractivity contribution in [1.29, 1.82) is 0 Å². The number of aliphatic hydroxyl groups excluding tert-OH is 1. The number of aliphatic carboxylic acids is 1. The lowest BCUT2D eigenvalue weighted by Crippen LogP contribution is -2.31. The van der Waals surface area contributed by atoms with Crippen LogP contribution in [0.4, 0.5) is 8.78 Å². The number of ether oxygens (including phenoxy) is 1. The number of unbranched alkanes of at least 4 members (excludes halogenated alkanes) is 2. The average Bonchev–Trinajstić information content (AvgIpc) is 3.11. The average molecular weight is 481 g/mol. The molecule has 190 valence electrons. The molecule has 0 amide bonds. The zero-order valence-corrected chi connectivity index (χ0v) is 20.0. The Morgan fingerprint density at radius 2 is 1.85 bits per heavy atom. The summed E-state index contributed by atoms with van der Waals surface area (Å²) in [6.45, 7) is 2.17. The minimum absolute atomic E-state index is 0.1000. The van der Waals surface area contributed by atoms with Gasteiger partial charge in [0.25, 0.3) is 0 Å². The second kappa shape index (κ2) is 14.3. The summed E-state index contributed by atoms with van der Waals surface area (Å²) in [5, 5.41) is 19.4. The second-order valence-electron chi connectivity index (χ2n) is 9.23. The zero-order chi connectivity index (χ0) is 25.0. The van der Waals surface area contributed by atoms with E-state index in [2.05, 4.69) is 0 Å². The van der Waals surface area contributed by atoms with Crippen LogP contribution >= 0.6 is 0 Å².